The summed E-state index contributed by atoms with van der Waals surface area (Å²) >= 11 is 5.80. The molecule has 1 aromatic heterocycles. The average Bonchev–Trinajstić information content (AvgIpc) is 2.64. The van der Waals surface area contributed by atoms with E-state index < -0.39 is 10.7 Å². The van der Waals surface area contributed by atoms with Gasteiger partial charge in [-0.05, 0) is 25.1 Å². The minimum absolute atomic E-state index is 0.0582. The minimum atomic E-state index is -0.553. The summed E-state index contributed by atoms with van der Waals surface area (Å²) in [6.07, 6.45) is 0.922. The molecule has 2 aromatic carbocycles. The van der Waals surface area contributed by atoms with Crippen molar-refractivity contribution < 1.29 is 18.8 Å². The van der Waals surface area contributed by atoms with Crippen molar-refractivity contribution in [2.24, 2.45) is 0 Å². The number of fused-ring (bicyclic) bond motifs is 1. The topological polar surface area (TPSA) is 99.4 Å². The van der Waals surface area contributed by atoms with Crippen molar-refractivity contribution in [2.75, 3.05) is 19.0 Å². The van der Waals surface area contributed by atoms with E-state index in [-0.39, 0.29) is 29.2 Å². The lowest BCUT2D eigenvalue weighted by molar-refractivity contribution is -0.385. The highest BCUT2D eigenvalue weighted by molar-refractivity contribution is 6.31. The van der Waals surface area contributed by atoms with Crippen molar-refractivity contribution in [1.82, 2.24) is 9.97 Å². The number of methoxy groups -OCH3 is 1. The molecule has 1 heterocycles. The second kappa shape index (κ2) is 8.32. The highest BCUT2D eigenvalue weighted by atomic mass is 35.5. The molecule has 0 aliphatic carbocycles. The summed E-state index contributed by atoms with van der Waals surface area (Å²) in [5.74, 6) is -0.161. The molecule has 0 saturated carbocycles. The van der Waals surface area contributed by atoms with Gasteiger partial charge in [0, 0.05) is 24.9 Å². The quantitative estimate of drug-likeness (QED) is 0.455. The zero-order valence-electron chi connectivity index (χ0n) is 15.0. The van der Waals surface area contributed by atoms with E-state index in [9.17, 15) is 14.5 Å². The van der Waals surface area contributed by atoms with Crippen LogP contribution in [0.1, 0.15) is 6.92 Å². The van der Waals surface area contributed by atoms with Gasteiger partial charge in [0.25, 0.3) is 0 Å². The number of rotatable bonds is 7. The van der Waals surface area contributed by atoms with E-state index in [1.807, 2.05) is 0 Å². The normalized spacial score (nSPS) is 12.0. The van der Waals surface area contributed by atoms with Gasteiger partial charge in [-0.1, -0.05) is 11.6 Å². The van der Waals surface area contributed by atoms with E-state index in [1.54, 1.807) is 6.92 Å². The van der Waals surface area contributed by atoms with Gasteiger partial charge in [0.1, 0.15) is 24.1 Å². The van der Waals surface area contributed by atoms with Crippen LogP contribution in [0.3, 0.4) is 0 Å². The van der Waals surface area contributed by atoms with Crippen LogP contribution in [0, 0.1) is 15.9 Å². The molecule has 0 unspecified atom stereocenters. The smallest absolute Gasteiger partial charge is 0.311 e. The number of ether oxygens (including phenoxy) is 2. The zero-order valence-corrected chi connectivity index (χ0v) is 15.7. The van der Waals surface area contributed by atoms with Crippen molar-refractivity contribution in [3.63, 3.8) is 0 Å². The Balaban J connectivity index is 2.04. The number of nitrogens with zero attached hydrogens (tertiary/aromatic N) is 3. The van der Waals surface area contributed by atoms with Gasteiger partial charge < -0.3 is 14.8 Å². The molecule has 0 fully saturated rings. The van der Waals surface area contributed by atoms with Gasteiger partial charge in [-0.15, -0.1) is 0 Å². The van der Waals surface area contributed by atoms with Crippen LogP contribution in [0.15, 0.2) is 36.7 Å². The predicted octanol–water partition coefficient (Wildman–Crippen LogP) is 4.49. The maximum Gasteiger partial charge on any atom is 0.311 e. The first-order valence-corrected chi connectivity index (χ1v) is 8.57. The molecular formula is C18H16ClFN4O4. The number of hydrogen-bond acceptors (Lipinski definition) is 7. The minimum Gasteiger partial charge on any atom is -0.481 e. The first-order valence-electron chi connectivity index (χ1n) is 8.20. The fourth-order valence-corrected chi connectivity index (χ4v) is 2.79. The van der Waals surface area contributed by atoms with Crippen LogP contribution >= 0.6 is 11.6 Å². The van der Waals surface area contributed by atoms with E-state index in [0.29, 0.717) is 22.4 Å². The number of nitrogens with one attached hydrogen (secondary N) is 1. The van der Waals surface area contributed by atoms with E-state index in [4.69, 9.17) is 21.1 Å². The second-order valence-corrected chi connectivity index (χ2v) is 6.36. The Morgan fingerprint density at radius 3 is 2.79 bits per heavy atom. The Hall–Kier alpha value is -3.04. The van der Waals surface area contributed by atoms with Crippen molar-refractivity contribution >= 4 is 39.7 Å². The molecular weight excluding hydrogens is 391 g/mol. The van der Waals surface area contributed by atoms with Gasteiger partial charge in [-0.25, -0.2) is 14.4 Å². The zero-order chi connectivity index (χ0) is 20.3. The summed E-state index contributed by atoms with van der Waals surface area (Å²) in [5, 5.41) is 14.9. The number of benzene rings is 2. The lowest BCUT2D eigenvalue weighted by Gasteiger charge is -2.15. The highest BCUT2D eigenvalue weighted by Crippen LogP contribution is 2.35. The number of halogens is 2. The first kappa shape index (κ1) is 19.7. The van der Waals surface area contributed by atoms with Crippen LogP contribution in [0.25, 0.3) is 10.9 Å². The molecule has 3 aromatic rings. The molecule has 0 radical (unpaired) electrons. The number of anilines is 2. The molecule has 3 rings (SSSR count). The van der Waals surface area contributed by atoms with E-state index >= 15 is 0 Å². The number of nitro groups is 1. The molecule has 146 valence electrons. The molecule has 0 saturated heterocycles. The fraction of sp³-hybridized carbons (Fsp3) is 0.222. The Labute approximate surface area is 164 Å². The van der Waals surface area contributed by atoms with Crippen LogP contribution < -0.4 is 10.1 Å². The molecule has 28 heavy (non-hydrogen) atoms. The molecule has 0 spiro atoms. The molecule has 10 heteroatoms. The van der Waals surface area contributed by atoms with Crippen LogP contribution in [0.2, 0.25) is 5.02 Å². The van der Waals surface area contributed by atoms with Crippen molar-refractivity contribution in [2.45, 2.75) is 13.0 Å². The van der Waals surface area contributed by atoms with E-state index in [1.165, 1.54) is 43.8 Å². The third kappa shape index (κ3) is 4.26. The van der Waals surface area contributed by atoms with Gasteiger partial charge in [0.2, 0.25) is 0 Å². The summed E-state index contributed by atoms with van der Waals surface area (Å²) < 4.78 is 24.0. The number of aromatic nitrogens is 2. The summed E-state index contributed by atoms with van der Waals surface area (Å²) in [5.41, 5.74) is 0.685. The summed E-state index contributed by atoms with van der Waals surface area (Å²) in [6, 6.07) is 6.89. The molecule has 1 N–H and O–H groups in total. The molecule has 1 atom stereocenters. The van der Waals surface area contributed by atoms with Gasteiger partial charge in [0.15, 0.2) is 5.75 Å². The molecule has 0 amide bonds. The standard InChI is InChI=1S/C18H16ClFN4O4/c1-10(8-27-2)28-17-7-15-12(6-16(17)24(25)26)18(22-9-21-15)23-11-3-4-14(20)13(19)5-11/h3-7,9-10H,8H2,1-2H3,(H,21,22,23)/t10-/m1/s1. The van der Waals surface area contributed by atoms with Crippen LogP contribution in [-0.4, -0.2) is 34.7 Å². The maximum atomic E-state index is 13.4. The van der Waals surface area contributed by atoms with Crippen LogP contribution in [0.5, 0.6) is 5.75 Å². The van der Waals surface area contributed by atoms with Gasteiger partial charge >= 0.3 is 5.69 Å². The molecule has 0 aliphatic heterocycles. The Kier molecular flexibility index (Phi) is 5.86. The van der Waals surface area contributed by atoms with E-state index in [0.717, 1.165) is 0 Å². The number of nitro benzene ring substituents is 1. The fourth-order valence-electron chi connectivity index (χ4n) is 2.61. The SMILES string of the molecule is COC[C@@H](C)Oc1cc2ncnc(Nc3ccc(F)c(Cl)c3)c2cc1[N+](=O)[O-]. The summed E-state index contributed by atoms with van der Waals surface area (Å²) in [6.45, 7) is 2.01. The third-order valence-corrected chi connectivity index (χ3v) is 4.11. The van der Waals surface area contributed by atoms with Crippen LogP contribution in [-0.2, 0) is 4.74 Å². The van der Waals surface area contributed by atoms with Crippen molar-refractivity contribution in [3.8, 4) is 5.75 Å². The Bertz CT molecular complexity index is 1030. The number of hydrogen-bond donors (Lipinski definition) is 1. The largest absolute Gasteiger partial charge is 0.481 e. The molecule has 0 aliphatic rings. The lowest BCUT2D eigenvalue weighted by Crippen LogP contribution is -2.18. The first-order chi connectivity index (χ1) is 13.4. The summed E-state index contributed by atoms with van der Waals surface area (Å²) in [4.78, 5) is 19.3. The Morgan fingerprint density at radius 2 is 2.11 bits per heavy atom. The molecule has 0 bridgehead atoms. The lowest BCUT2D eigenvalue weighted by atomic mass is 10.2. The van der Waals surface area contributed by atoms with Crippen molar-refractivity contribution in [1.29, 1.82) is 0 Å². The van der Waals surface area contributed by atoms with Gasteiger partial charge in [0.05, 0.1) is 27.5 Å². The third-order valence-electron chi connectivity index (χ3n) is 3.82. The van der Waals surface area contributed by atoms with Crippen molar-refractivity contribution in [3.05, 3.63) is 57.6 Å². The average molecular weight is 407 g/mol. The monoisotopic (exact) mass is 406 g/mol. The Morgan fingerprint density at radius 1 is 1.32 bits per heavy atom. The van der Waals surface area contributed by atoms with Gasteiger partial charge in [-0.2, -0.15) is 0 Å². The highest BCUT2D eigenvalue weighted by Gasteiger charge is 2.21. The predicted molar refractivity (Wildman–Crippen MR) is 103 cm³/mol. The second-order valence-electron chi connectivity index (χ2n) is 5.95. The van der Waals surface area contributed by atoms with E-state index in [2.05, 4.69) is 15.3 Å². The molecule has 8 nitrogen and oxygen atoms in total. The van der Waals surface area contributed by atoms with Crippen LogP contribution in [0.4, 0.5) is 21.6 Å². The maximum absolute atomic E-state index is 13.4. The summed E-state index contributed by atoms with van der Waals surface area (Å²) in [7, 11) is 1.52. The van der Waals surface area contributed by atoms with Gasteiger partial charge in [-0.3, -0.25) is 10.1 Å².